The van der Waals surface area contributed by atoms with Crippen LogP contribution in [0, 0.1) is 11.6 Å². The fraction of sp³-hybridized carbons (Fsp3) is 0.321. The Morgan fingerprint density at radius 3 is 2.43 bits per heavy atom. The number of nitrogen functional groups attached to an aromatic ring is 1. The second-order valence-corrected chi connectivity index (χ2v) is 10.2. The Hall–Kier alpha value is -4.30. The lowest BCUT2D eigenvalue weighted by Crippen LogP contribution is -2.44. The highest BCUT2D eigenvalue weighted by Crippen LogP contribution is 2.34. The second kappa shape index (κ2) is 11.9. The Bertz CT molecular complexity index is 1600. The lowest BCUT2D eigenvalue weighted by Gasteiger charge is -2.32. The fourth-order valence-corrected chi connectivity index (χ4v) is 4.94. The number of urea groups is 1. The van der Waals surface area contributed by atoms with Gasteiger partial charge in [-0.25, -0.2) is 23.1 Å². The van der Waals surface area contributed by atoms with Gasteiger partial charge in [-0.05, 0) is 68.4 Å². The van der Waals surface area contributed by atoms with Gasteiger partial charge in [0.05, 0.1) is 16.9 Å². The Kier molecular flexibility index (Phi) is 8.27. The van der Waals surface area contributed by atoms with Crippen molar-refractivity contribution in [2.24, 2.45) is 0 Å². The molecule has 0 aliphatic carbocycles. The molecule has 5 rings (SSSR count). The van der Waals surface area contributed by atoms with Gasteiger partial charge in [0.2, 0.25) is 0 Å². The number of aromatic nitrogens is 3. The van der Waals surface area contributed by atoms with Crippen LogP contribution in [0.1, 0.15) is 17.7 Å². The van der Waals surface area contributed by atoms with Gasteiger partial charge in [0, 0.05) is 37.4 Å². The molecule has 14 heteroatoms. The molecule has 1 saturated heterocycles. The van der Waals surface area contributed by atoms with Crippen LogP contribution in [0.4, 0.5) is 43.9 Å². The maximum absolute atomic E-state index is 15.1. The van der Waals surface area contributed by atoms with E-state index in [4.69, 9.17) is 5.73 Å². The molecule has 1 aliphatic rings. The first-order valence-corrected chi connectivity index (χ1v) is 13.3. The van der Waals surface area contributed by atoms with E-state index in [9.17, 15) is 22.4 Å². The molecule has 2 amide bonds. The molecule has 0 spiro atoms. The van der Waals surface area contributed by atoms with E-state index < -0.39 is 35.1 Å². The Morgan fingerprint density at radius 1 is 0.976 bits per heavy atom. The molecule has 4 N–H and O–H groups in total. The molecular formula is C28H29F5N8O. The number of carbonyl (C=O) groups is 1. The van der Waals surface area contributed by atoms with Gasteiger partial charge in [-0.15, -0.1) is 0 Å². The predicted molar refractivity (Wildman–Crippen MR) is 149 cm³/mol. The van der Waals surface area contributed by atoms with Crippen molar-refractivity contribution >= 4 is 28.7 Å². The third-order valence-electron chi connectivity index (χ3n) is 7.23. The number of hydrogen-bond donors (Lipinski definition) is 3. The number of nitrogens with one attached hydrogen (secondary N) is 2. The Morgan fingerprint density at radius 2 is 1.71 bits per heavy atom. The largest absolute Gasteiger partial charge is 0.416 e. The van der Waals surface area contributed by atoms with Crippen molar-refractivity contribution in [2.45, 2.75) is 19.0 Å². The van der Waals surface area contributed by atoms with Crippen molar-refractivity contribution < 1.29 is 26.7 Å². The summed E-state index contributed by atoms with van der Waals surface area (Å²) in [4.78, 5) is 21.2. The number of benzene rings is 2. The number of nitrogens with zero attached hydrogens (tertiary/aromatic N) is 5. The van der Waals surface area contributed by atoms with E-state index in [0.29, 0.717) is 41.3 Å². The number of piperazine rings is 1. The molecule has 0 radical (unpaired) electrons. The second-order valence-electron chi connectivity index (χ2n) is 10.2. The summed E-state index contributed by atoms with van der Waals surface area (Å²) >= 11 is 0. The molecule has 0 bridgehead atoms. The number of halogens is 5. The standard InChI is InChI=1S/C28H29F5N8O/c1-39-9-11-40(12-10-39)8-2-3-19-15-20(25-26(34)35-16-36-41(19)25)17-4-7-23(22(30)13-17)37-27(42)38-24-14-18(28(31,32)33)5-6-21(24)29/h4-7,13-16H,2-3,8-12H2,1H3,(H2,34,35,36)(H2,37,38,42). The van der Waals surface area contributed by atoms with Crippen molar-refractivity contribution in [3.05, 3.63) is 71.7 Å². The molecule has 0 atom stereocenters. The van der Waals surface area contributed by atoms with Gasteiger partial charge < -0.3 is 26.2 Å². The summed E-state index contributed by atoms with van der Waals surface area (Å²) in [6, 6.07) is 6.41. The van der Waals surface area contributed by atoms with Gasteiger partial charge in [-0.2, -0.15) is 18.3 Å². The Labute approximate surface area is 238 Å². The van der Waals surface area contributed by atoms with Crippen molar-refractivity contribution in [2.75, 3.05) is 56.1 Å². The minimum absolute atomic E-state index is 0.218. The number of aryl methyl sites for hydroxylation is 1. The maximum Gasteiger partial charge on any atom is 0.416 e. The summed E-state index contributed by atoms with van der Waals surface area (Å²) in [5.41, 5.74) is 6.53. The number of hydrogen-bond acceptors (Lipinski definition) is 6. The third kappa shape index (κ3) is 6.44. The van der Waals surface area contributed by atoms with Crippen LogP contribution in [0.3, 0.4) is 0 Å². The SMILES string of the molecule is CN1CCN(CCCc2cc(-c3ccc(NC(=O)Nc4cc(C(F)(F)F)ccc4F)c(F)c3)c3c(N)ncnn23)CC1. The van der Waals surface area contributed by atoms with E-state index in [1.165, 1.54) is 18.5 Å². The van der Waals surface area contributed by atoms with Crippen molar-refractivity contribution in [1.29, 1.82) is 0 Å². The molecule has 1 fully saturated rings. The number of fused-ring (bicyclic) bond motifs is 1. The summed E-state index contributed by atoms with van der Waals surface area (Å²) in [6.07, 6.45) is -1.78. The molecule has 0 saturated carbocycles. The number of nitrogens with two attached hydrogens (primary N) is 1. The topological polar surface area (TPSA) is 104 Å². The zero-order chi connectivity index (χ0) is 30.0. The van der Waals surface area contributed by atoms with E-state index in [1.54, 1.807) is 10.6 Å². The van der Waals surface area contributed by atoms with Gasteiger partial charge in [0.1, 0.15) is 23.5 Å². The van der Waals surface area contributed by atoms with E-state index in [0.717, 1.165) is 44.8 Å². The van der Waals surface area contributed by atoms with Gasteiger partial charge in [0.25, 0.3) is 0 Å². The molecule has 42 heavy (non-hydrogen) atoms. The van der Waals surface area contributed by atoms with Gasteiger partial charge >= 0.3 is 12.2 Å². The molecule has 2 aromatic heterocycles. The van der Waals surface area contributed by atoms with Crippen LogP contribution >= 0.6 is 0 Å². The van der Waals surface area contributed by atoms with Crippen molar-refractivity contribution in [3.63, 3.8) is 0 Å². The normalized spacial score (nSPS) is 14.8. The highest BCUT2D eigenvalue weighted by atomic mass is 19.4. The molecule has 9 nitrogen and oxygen atoms in total. The van der Waals surface area contributed by atoms with Crippen LogP contribution in [-0.2, 0) is 12.6 Å². The Balaban J connectivity index is 1.32. The maximum atomic E-state index is 15.1. The number of alkyl halides is 3. The number of amides is 2. The number of carbonyl (C=O) groups excluding carboxylic acids is 1. The van der Waals surface area contributed by atoms with Crippen molar-refractivity contribution in [1.82, 2.24) is 24.4 Å². The zero-order valence-corrected chi connectivity index (χ0v) is 22.7. The average molecular weight is 589 g/mol. The summed E-state index contributed by atoms with van der Waals surface area (Å²) in [6.45, 7) is 5.01. The van der Waals surface area contributed by atoms with E-state index >= 15 is 4.39 Å². The van der Waals surface area contributed by atoms with Crippen LogP contribution in [0.5, 0.6) is 0 Å². The summed E-state index contributed by atoms with van der Waals surface area (Å²) in [5, 5.41) is 8.55. The summed E-state index contributed by atoms with van der Waals surface area (Å²) < 4.78 is 69.8. The summed E-state index contributed by atoms with van der Waals surface area (Å²) in [7, 11) is 2.11. The molecular weight excluding hydrogens is 559 g/mol. The number of anilines is 3. The van der Waals surface area contributed by atoms with Gasteiger partial charge in [-0.3, -0.25) is 0 Å². The first-order valence-electron chi connectivity index (χ1n) is 13.3. The van der Waals surface area contributed by atoms with Crippen LogP contribution in [0.15, 0.2) is 48.8 Å². The molecule has 2 aromatic carbocycles. The molecule has 1 aliphatic heterocycles. The first-order chi connectivity index (χ1) is 20.0. The number of rotatable bonds is 7. The third-order valence-corrected chi connectivity index (χ3v) is 7.23. The highest BCUT2D eigenvalue weighted by Gasteiger charge is 2.31. The summed E-state index contributed by atoms with van der Waals surface area (Å²) in [5.74, 6) is -1.68. The van der Waals surface area contributed by atoms with Crippen LogP contribution < -0.4 is 16.4 Å². The van der Waals surface area contributed by atoms with Crippen LogP contribution in [0.2, 0.25) is 0 Å². The highest BCUT2D eigenvalue weighted by molar-refractivity contribution is 6.00. The molecule has 3 heterocycles. The van der Waals surface area contributed by atoms with Crippen LogP contribution in [-0.4, -0.2) is 70.2 Å². The lowest BCUT2D eigenvalue weighted by atomic mass is 10.1. The van der Waals surface area contributed by atoms with E-state index in [2.05, 4.69) is 32.2 Å². The van der Waals surface area contributed by atoms with Crippen LogP contribution in [0.25, 0.3) is 16.6 Å². The van der Waals surface area contributed by atoms with Gasteiger partial charge in [0.15, 0.2) is 5.82 Å². The van der Waals surface area contributed by atoms with Crippen molar-refractivity contribution in [3.8, 4) is 11.1 Å². The van der Waals surface area contributed by atoms with E-state index in [-0.39, 0.29) is 11.5 Å². The molecule has 0 unspecified atom stereocenters. The molecule has 4 aromatic rings. The van der Waals surface area contributed by atoms with E-state index in [1.807, 2.05) is 11.4 Å². The first kappa shape index (κ1) is 29.2. The lowest BCUT2D eigenvalue weighted by molar-refractivity contribution is -0.137. The predicted octanol–water partition coefficient (Wildman–Crippen LogP) is 5.10. The monoisotopic (exact) mass is 588 g/mol. The quantitative estimate of drug-likeness (QED) is 0.260. The minimum Gasteiger partial charge on any atom is -0.382 e. The minimum atomic E-state index is -4.73. The number of likely N-dealkylation sites (N-methyl/N-ethyl adjacent to an activating group) is 1. The average Bonchev–Trinajstić information content (AvgIpc) is 3.31. The molecule has 222 valence electrons. The fourth-order valence-electron chi connectivity index (χ4n) is 4.94. The smallest absolute Gasteiger partial charge is 0.382 e. The van der Waals surface area contributed by atoms with Gasteiger partial charge in [-0.1, -0.05) is 6.07 Å². The zero-order valence-electron chi connectivity index (χ0n) is 22.7.